The van der Waals surface area contributed by atoms with Crippen LogP contribution in [0.15, 0.2) is 42.1 Å². The van der Waals surface area contributed by atoms with E-state index >= 15 is 0 Å². The van der Waals surface area contributed by atoms with Crippen LogP contribution in [0.4, 0.5) is 5.82 Å². The van der Waals surface area contributed by atoms with Gasteiger partial charge in [-0.1, -0.05) is 38.1 Å². The lowest BCUT2D eigenvalue weighted by Crippen LogP contribution is -2.42. The summed E-state index contributed by atoms with van der Waals surface area (Å²) in [7, 11) is 0. The van der Waals surface area contributed by atoms with Gasteiger partial charge in [0.2, 0.25) is 17.7 Å². The third-order valence-electron chi connectivity index (χ3n) is 4.04. The fourth-order valence-electron chi connectivity index (χ4n) is 2.72. The summed E-state index contributed by atoms with van der Waals surface area (Å²) in [6.07, 6.45) is 6.74. The van der Waals surface area contributed by atoms with Crippen molar-refractivity contribution in [2.45, 2.75) is 32.1 Å². The van der Waals surface area contributed by atoms with Crippen LogP contribution in [0, 0.1) is 5.92 Å². The Morgan fingerprint density at radius 2 is 2.00 bits per heavy atom. The molecule has 5 N–H and O–H groups in total. The molecule has 0 aliphatic heterocycles. The maximum atomic E-state index is 12.1. The minimum Gasteiger partial charge on any atom is -0.369 e. The molecule has 1 aromatic heterocycles. The molecule has 7 nitrogen and oxygen atoms in total. The highest BCUT2D eigenvalue weighted by molar-refractivity contribution is 5.97. The van der Waals surface area contributed by atoms with Gasteiger partial charge in [-0.3, -0.25) is 14.4 Å². The van der Waals surface area contributed by atoms with Crippen molar-refractivity contribution in [3.63, 3.8) is 0 Å². The number of anilines is 1. The van der Waals surface area contributed by atoms with Gasteiger partial charge >= 0.3 is 0 Å². The molecular formula is C18H22N4O3. The lowest BCUT2D eigenvalue weighted by atomic mass is 9.73. The van der Waals surface area contributed by atoms with E-state index in [-0.39, 0.29) is 18.2 Å². The van der Waals surface area contributed by atoms with Gasteiger partial charge < -0.3 is 16.8 Å². The second kappa shape index (κ2) is 7.29. The third-order valence-corrected chi connectivity index (χ3v) is 4.04. The van der Waals surface area contributed by atoms with E-state index in [1.807, 2.05) is 13.8 Å². The van der Waals surface area contributed by atoms with Crippen LogP contribution in [-0.2, 0) is 19.8 Å². The van der Waals surface area contributed by atoms with Gasteiger partial charge in [-0.05, 0) is 24.0 Å². The first-order chi connectivity index (χ1) is 11.7. The largest absolute Gasteiger partial charge is 0.369 e. The maximum absolute atomic E-state index is 12.1. The summed E-state index contributed by atoms with van der Waals surface area (Å²) in [6, 6.07) is 3.27. The van der Waals surface area contributed by atoms with Crippen LogP contribution in [-0.4, -0.2) is 22.7 Å². The van der Waals surface area contributed by atoms with Gasteiger partial charge in [-0.25, -0.2) is 4.98 Å². The highest BCUT2D eigenvalue weighted by Gasteiger charge is 2.39. The molecule has 1 unspecified atom stereocenters. The maximum Gasteiger partial charge on any atom is 0.244 e. The average Bonchev–Trinajstić information content (AvgIpc) is 2.54. The fourth-order valence-corrected chi connectivity index (χ4v) is 2.72. The van der Waals surface area contributed by atoms with Crippen molar-refractivity contribution in [1.82, 2.24) is 4.98 Å². The first-order valence-electron chi connectivity index (χ1n) is 7.99. The van der Waals surface area contributed by atoms with Crippen LogP contribution in [0.2, 0.25) is 0 Å². The molecule has 1 atom stereocenters. The van der Waals surface area contributed by atoms with Crippen molar-refractivity contribution in [2.24, 2.45) is 17.4 Å². The highest BCUT2D eigenvalue weighted by atomic mass is 16.2. The zero-order valence-corrected chi connectivity index (χ0v) is 14.3. The zero-order chi connectivity index (χ0) is 18.6. The summed E-state index contributed by atoms with van der Waals surface area (Å²) in [5, 5.41) is 2.70. The summed E-state index contributed by atoms with van der Waals surface area (Å²) in [5.41, 5.74) is 10.6. The Morgan fingerprint density at radius 1 is 1.28 bits per heavy atom. The number of carbonyl (C=O) groups excluding carboxylic acids is 3. The molecule has 132 valence electrons. The number of amides is 3. The molecule has 1 aliphatic rings. The van der Waals surface area contributed by atoms with Crippen molar-refractivity contribution < 1.29 is 14.4 Å². The Morgan fingerprint density at radius 3 is 2.52 bits per heavy atom. The van der Waals surface area contributed by atoms with Crippen molar-refractivity contribution >= 4 is 23.5 Å². The van der Waals surface area contributed by atoms with E-state index in [0.29, 0.717) is 23.4 Å². The number of nitrogens with zero attached hydrogens (tertiary/aromatic N) is 1. The number of hydrogen-bond donors (Lipinski definition) is 3. The van der Waals surface area contributed by atoms with Gasteiger partial charge in [0.05, 0.1) is 5.41 Å². The lowest BCUT2D eigenvalue weighted by molar-refractivity contribution is -0.122. The van der Waals surface area contributed by atoms with Crippen molar-refractivity contribution in [3.05, 3.63) is 47.7 Å². The number of rotatable bonds is 6. The minimum atomic E-state index is -1.19. The van der Waals surface area contributed by atoms with Gasteiger partial charge in [-0.15, -0.1) is 0 Å². The Bertz CT molecular complexity index is 750. The van der Waals surface area contributed by atoms with Gasteiger partial charge in [-0.2, -0.15) is 0 Å². The van der Waals surface area contributed by atoms with E-state index in [9.17, 15) is 14.4 Å². The second-order valence-electron chi connectivity index (χ2n) is 6.51. The fraction of sp³-hybridized carbons (Fsp3) is 0.333. The topological polar surface area (TPSA) is 128 Å². The van der Waals surface area contributed by atoms with Gasteiger partial charge in [0, 0.05) is 18.2 Å². The molecule has 0 fully saturated rings. The van der Waals surface area contributed by atoms with Crippen LogP contribution >= 0.6 is 0 Å². The van der Waals surface area contributed by atoms with Crippen LogP contribution in [0.3, 0.4) is 0 Å². The molecule has 0 bridgehead atoms. The SMILES string of the molecule is CC(C)CC(=O)Nc1ccc(C2(C(N)=O)C=CC=C(C(N)=O)C2)cn1. The second-order valence-corrected chi connectivity index (χ2v) is 6.51. The van der Waals surface area contributed by atoms with E-state index in [1.165, 1.54) is 6.20 Å². The summed E-state index contributed by atoms with van der Waals surface area (Å²) in [4.78, 5) is 39.6. The van der Waals surface area contributed by atoms with Crippen molar-refractivity contribution in [1.29, 1.82) is 0 Å². The number of nitrogens with two attached hydrogens (primary N) is 2. The van der Waals surface area contributed by atoms with E-state index in [2.05, 4.69) is 10.3 Å². The normalized spacial score (nSPS) is 19.4. The summed E-state index contributed by atoms with van der Waals surface area (Å²) in [6.45, 7) is 3.90. The van der Waals surface area contributed by atoms with Gasteiger partial charge in [0.1, 0.15) is 5.82 Å². The molecule has 1 aromatic rings. The molecule has 1 aliphatic carbocycles. The molecule has 0 spiro atoms. The average molecular weight is 342 g/mol. The number of pyridine rings is 1. The first-order valence-corrected chi connectivity index (χ1v) is 7.99. The van der Waals surface area contributed by atoms with Gasteiger partial charge in [0.15, 0.2) is 0 Å². The molecule has 2 rings (SSSR count). The minimum absolute atomic E-state index is 0.0783. The van der Waals surface area contributed by atoms with Crippen molar-refractivity contribution in [3.8, 4) is 0 Å². The lowest BCUT2D eigenvalue weighted by Gasteiger charge is -2.30. The molecule has 0 aromatic carbocycles. The highest BCUT2D eigenvalue weighted by Crippen LogP contribution is 2.35. The summed E-state index contributed by atoms with van der Waals surface area (Å²) in [5.74, 6) is -0.700. The molecule has 1 heterocycles. The van der Waals surface area contributed by atoms with Crippen LogP contribution < -0.4 is 16.8 Å². The van der Waals surface area contributed by atoms with Gasteiger partial charge in [0.25, 0.3) is 0 Å². The number of carbonyl (C=O) groups is 3. The smallest absolute Gasteiger partial charge is 0.244 e. The van der Waals surface area contributed by atoms with E-state index in [0.717, 1.165) is 0 Å². The Hall–Kier alpha value is -2.96. The molecule has 3 amide bonds. The monoisotopic (exact) mass is 342 g/mol. The Labute approximate surface area is 146 Å². The number of aromatic nitrogens is 1. The molecule has 0 saturated carbocycles. The number of hydrogen-bond acceptors (Lipinski definition) is 4. The van der Waals surface area contributed by atoms with E-state index in [4.69, 9.17) is 11.5 Å². The quantitative estimate of drug-likeness (QED) is 0.716. The molecule has 0 saturated heterocycles. The molecular weight excluding hydrogens is 320 g/mol. The van der Waals surface area contributed by atoms with E-state index < -0.39 is 17.2 Å². The Balaban J connectivity index is 2.25. The standard InChI is InChI=1S/C18H22N4O3/c1-11(2)8-15(23)22-14-6-5-13(10-21-14)18(17(20)25)7-3-4-12(9-18)16(19)24/h3-7,10-11H,8-9H2,1-2H3,(H2,19,24)(H2,20,25)(H,21,22,23). The molecule has 0 radical (unpaired) electrons. The summed E-state index contributed by atoms with van der Waals surface area (Å²) < 4.78 is 0. The Kier molecular flexibility index (Phi) is 5.36. The first kappa shape index (κ1) is 18.4. The third kappa shape index (κ3) is 4.12. The number of allylic oxidation sites excluding steroid dienone is 2. The predicted octanol–water partition coefficient (Wildman–Crippen LogP) is 1.16. The molecule has 7 heteroatoms. The van der Waals surface area contributed by atoms with Crippen molar-refractivity contribution in [2.75, 3.05) is 5.32 Å². The zero-order valence-electron chi connectivity index (χ0n) is 14.3. The number of nitrogens with one attached hydrogen (secondary N) is 1. The predicted molar refractivity (Wildman–Crippen MR) is 94.2 cm³/mol. The van der Waals surface area contributed by atoms with Crippen LogP contribution in [0.1, 0.15) is 32.3 Å². The summed E-state index contributed by atoms with van der Waals surface area (Å²) >= 11 is 0. The van der Waals surface area contributed by atoms with Crippen LogP contribution in [0.25, 0.3) is 0 Å². The van der Waals surface area contributed by atoms with Crippen LogP contribution in [0.5, 0.6) is 0 Å². The molecule has 25 heavy (non-hydrogen) atoms. The van der Waals surface area contributed by atoms with E-state index in [1.54, 1.807) is 30.4 Å². The number of primary amides is 2.